The molecule has 0 atom stereocenters. The predicted octanol–water partition coefficient (Wildman–Crippen LogP) is 4.82. The number of rotatable bonds is 1. The Bertz CT molecular complexity index is 342. The van der Waals surface area contributed by atoms with Gasteiger partial charge in [-0.15, -0.1) is 0 Å². The molecular formula is C10H11Cl3O. The highest BCUT2D eigenvalue weighted by molar-refractivity contribution is 6.43. The summed E-state index contributed by atoms with van der Waals surface area (Å²) in [6.45, 7) is 5.81. The molecule has 0 spiro atoms. The maximum Gasteiger partial charge on any atom is 0.140 e. The molecule has 78 valence electrons. The van der Waals surface area contributed by atoms with Crippen molar-refractivity contribution in [1.29, 1.82) is 0 Å². The zero-order chi connectivity index (χ0) is 10.9. The second kappa shape index (κ2) is 4.18. The van der Waals surface area contributed by atoms with Crippen molar-refractivity contribution in [3.63, 3.8) is 0 Å². The SMILES string of the molecule is CC(C)(C)Oc1cc(Cl)c(Cl)cc1Cl. The Labute approximate surface area is 98.9 Å². The average Bonchev–Trinajstić information content (AvgIpc) is 1.97. The van der Waals surface area contributed by atoms with Crippen LogP contribution in [0.5, 0.6) is 5.75 Å². The quantitative estimate of drug-likeness (QED) is 0.652. The van der Waals surface area contributed by atoms with E-state index >= 15 is 0 Å². The molecule has 0 aliphatic heterocycles. The van der Waals surface area contributed by atoms with E-state index in [-0.39, 0.29) is 5.60 Å². The minimum absolute atomic E-state index is 0.305. The van der Waals surface area contributed by atoms with Crippen molar-refractivity contribution in [2.24, 2.45) is 0 Å². The molecule has 0 saturated heterocycles. The summed E-state index contributed by atoms with van der Waals surface area (Å²) in [6, 6.07) is 3.20. The molecule has 0 aliphatic rings. The lowest BCUT2D eigenvalue weighted by atomic mass is 10.2. The van der Waals surface area contributed by atoms with E-state index in [4.69, 9.17) is 39.5 Å². The molecule has 0 heterocycles. The molecule has 0 amide bonds. The van der Waals surface area contributed by atoms with E-state index in [9.17, 15) is 0 Å². The van der Waals surface area contributed by atoms with Crippen LogP contribution in [0.1, 0.15) is 20.8 Å². The van der Waals surface area contributed by atoms with Crippen molar-refractivity contribution < 1.29 is 4.74 Å². The summed E-state index contributed by atoms with van der Waals surface area (Å²) in [4.78, 5) is 0. The molecular weight excluding hydrogens is 242 g/mol. The van der Waals surface area contributed by atoms with Gasteiger partial charge in [0.25, 0.3) is 0 Å². The molecule has 14 heavy (non-hydrogen) atoms. The zero-order valence-electron chi connectivity index (χ0n) is 8.20. The number of hydrogen-bond acceptors (Lipinski definition) is 1. The Morgan fingerprint density at radius 3 is 1.93 bits per heavy atom. The maximum atomic E-state index is 5.94. The van der Waals surface area contributed by atoms with Crippen LogP contribution in [0.3, 0.4) is 0 Å². The standard InChI is InChI=1S/C10H11Cl3O/c1-10(2,3)14-9-5-7(12)6(11)4-8(9)13/h4-5H,1-3H3. The van der Waals surface area contributed by atoms with Crippen molar-refractivity contribution >= 4 is 34.8 Å². The first kappa shape index (κ1) is 12.0. The summed E-state index contributed by atoms with van der Waals surface area (Å²) in [5.74, 6) is 0.550. The first-order valence-corrected chi connectivity index (χ1v) is 5.26. The number of halogens is 3. The lowest BCUT2D eigenvalue weighted by Gasteiger charge is -2.22. The van der Waals surface area contributed by atoms with Gasteiger partial charge in [-0.25, -0.2) is 0 Å². The topological polar surface area (TPSA) is 9.23 Å². The van der Waals surface area contributed by atoms with Crippen LogP contribution in [-0.2, 0) is 0 Å². The van der Waals surface area contributed by atoms with E-state index in [2.05, 4.69) is 0 Å². The summed E-state index contributed by atoms with van der Waals surface area (Å²) in [5, 5.41) is 1.34. The van der Waals surface area contributed by atoms with E-state index in [0.29, 0.717) is 20.8 Å². The highest BCUT2D eigenvalue weighted by atomic mass is 35.5. The van der Waals surface area contributed by atoms with Crippen molar-refractivity contribution in [3.05, 3.63) is 27.2 Å². The monoisotopic (exact) mass is 252 g/mol. The Kier molecular flexibility index (Phi) is 3.57. The van der Waals surface area contributed by atoms with Crippen molar-refractivity contribution in [2.45, 2.75) is 26.4 Å². The van der Waals surface area contributed by atoms with Crippen LogP contribution in [0.2, 0.25) is 15.1 Å². The maximum absolute atomic E-state index is 5.94. The van der Waals surface area contributed by atoms with Gasteiger partial charge in [-0.3, -0.25) is 0 Å². The van der Waals surface area contributed by atoms with E-state index in [1.165, 1.54) is 0 Å². The summed E-state index contributed by atoms with van der Waals surface area (Å²) in [6.07, 6.45) is 0. The zero-order valence-corrected chi connectivity index (χ0v) is 10.5. The molecule has 0 saturated carbocycles. The van der Waals surface area contributed by atoms with Crippen LogP contribution in [-0.4, -0.2) is 5.60 Å². The van der Waals surface area contributed by atoms with Crippen LogP contribution in [0.15, 0.2) is 12.1 Å². The van der Waals surface area contributed by atoms with E-state index in [1.54, 1.807) is 12.1 Å². The average molecular weight is 254 g/mol. The van der Waals surface area contributed by atoms with Crippen molar-refractivity contribution in [2.75, 3.05) is 0 Å². The molecule has 0 aromatic heterocycles. The Hall–Kier alpha value is -0.110. The molecule has 1 nitrogen and oxygen atoms in total. The minimum atomic E-state index is -0.305. The second-order valence-electron chi connectivity index (χ2n) is 3.91. The number of benzene rings is 1. The summed E-state index contributed by atoms with van der Waals surface area (Å²) >= 11 is 17.6. The summed E-state index contributed by atoms with van der Waals surface area (Å²) in [5.41, 5.74) is -0.305. The summed E-state index contributed by atoms with van der Waals surface area (Å²) in [7, 11) is 0. The molecule has 0 fully saturated rings. The number of ether oxygens (including phenoxy) is 1. The minimum Gasteiger partial charge on any atom is -0.487 e. The third-order valence-corrected chi connectivity index (χ3v) is 2.41. The highest BCUT2D eigenvalue weighted by Gasteiger charge is 2.15. The third-order valence-electron chi connectivity index (χ3n) is 1.39. The molecule has 0 aliphatic carbocycles. The summed E-state index contributed by atoms with van der Waals surface area (Å²) < 4.78 is 5.59. The van der Waals surface area contributed by atoms with Crippen LogP contribution >= 0.6 is 34.8 Å². The smallest absolute Gasteiger partial charge is 0.140 e. The fourth-order valence-electron chi connectivity index (χ4n) is 0.912. The number of hydrogen-bond donors (Lipinski definition) is 0. The molecule has 1 rings (SSSR count). The lowest BCUT2D eigenvalue weighted by Crippen LogP contribution is -2.23. The van der Waals surface area contributed by atoms with Crippen LogP contribution in [0.4, 0.5) is 0 Å². The third kappa shape index (κ3) is 3.23. The molecule has 0 radical (unpaired) electrons. The molecule has 1 aromatic rings. The van der Waals surface area contributed by atoms with Gasteiger partial charge in [0.2, 0.25) is 0 Å². The van der Waals surface area contributed by atoms with Gasteiger partial charge < -0.3 is 4.74 Å². The van der Waals surface area contributed by atoms with Gasteiger partial charge in [-0.2, -0.15) is 0 Å². The first-order valence-electron chi connectivity index (χ1n) is 4.13. The second-order valence-corrected chi connectivity index (χ2v) is 5.13. The molecule has 0 unspecified atom stereocenters. The van der Waals surface area contributed by atoms with Crippen LogP contribution in [0, 0.1) is 0 Å². The van der Waals surface area contributed by atoms with Crippen LogP contribution in [0.25, 0.3) is 0 Å². The van der Waals surface area contributed by atoms with Crippen molar-refractivity contribution in [3.8, 4) is 5.75 Å². The fraction of sp³-hybridized carbons (Fsp3) is 0.400. The molecule has 0 N–H and O–H groups in total. The van der Waals surface area contributed by atoms with Crippen molar-refractivity contribution in [1.82, 2.24) is 0 Å². The lowest BCUT2D eigenvalue weighted by molar-refractivity contribution is 0.131. The highest BCUT2D eigenvalue weighted by Crippen LogP contribution is 2.35. The van der Waals surface area contributed by atoms with Gasteiger partial charge in [0, 0.05) is 6.07 Å². The first-order chi connectivity index (χ1) is 6.29. The fourth-order valence-corrected chi connectivity index (χ4v) is 1.49. The van der Waals surface area contributed by atoms with Gasteiger partial charge in [0.1, 0.15) is 11.4 Å². The van der Waals surface area contributed by atoms with Gasteiger partial charge in [-0.1, -0.05) is 34.8 Å². The molecule has 4 heteroatoms. The normalized spacial score (nSPS) is 11.6. The molecule has 0 bridgehead atoms. The predicted molar refractivity (Wildman–Crippen MR) is 61.9 cm³/mol. The van der Waals surface area contributed by atoms with Crippen LogP contribution < -0.4 is 4.74 Å². The van der Waals surface area contributed by atoms with Gasteiger partial charge in [0.05, 0.1) is 15.1 Å². The van der Waals surface area contributed by atoms with Gasteiger partial charge >= 0.3 is 0 Å². The largest absolute Gasteiger partial charge is 0.487 e. The van der Waals surface area contributed by atoms with Gasteiger partial charge in [0.15, 0.2) is 0 Å². The Morgan fingerprint density at radius 1 is 0.929 bits per heavy atom. The van der Waals surface area contributed by atoms with Gasteiger partial charge in [-0.05, 0) is 26.8 Å². The van der Waals surface area contributed by atoms with E-state index in [0.717, 1.165) is 0 Å². The van der Waals surface area contributed by atoms with E-state index < -0.39 is 0 Å². The Morgan fingerprint density at radius 2 is 1.43 bits per heavy atom. The van der Waals surface area contributed by atoms with E-state index in [1.807, 2.05) is 20.8 Å². The molecule has 1 aromatic carbocycles. The Balaban J connectivity index is 3.04.